The lowest BCUT2D eigenvalue weighted by atomic mass is 9.94. The average molecular weight is 737 g/mol. The molecular weight excluding hydrogens is 697 g/mol. The molecule has 52 heavy (non-hydrogen) atoms. The van der Waals surface area contributed by atoms with Gasteiger partial charge in [-0.15, -0.1) is 11.3 Å². The Balaban J connectivity index is 1.38. The van der Waals surface area contributed by atoms with Crippen LogP contribution < -0.4 is 29.7 Å². The topological polar surface area (TPSA) is 113 Å². The van der Waals surface area contributed by atoms with Gasteiger partial charge in [-0.3, -0.25) is 14.2 Å². The van der Waals surface area contributed by atoms with Gasteiger partial charge in [0.2, 0.25) is 0 Å². The lowest BCUT2D eigenvalue weighted by Gasteiger charge is -2.26. The maximum absolute atomic E-state index is 14.6. The van der Waals surface area contributed by atoms with E-state index in [1.54, 1.807) is 49.2 Å². The van der Waals surface area contributed by atoms with E-state index in [2.05, 4.69) is 9.88 Å². The molecule has 0 saturated carbocycles. The van der Waals surface area contributed by atoms with Crippen molar-refractivity contribution in [1.82, 2.24) is 9.13 Å². The Morgan fingerprint density at radius 1 is 1.00 bits per heavy atom. The van der Waals surface area contributed by atoms with Crippen LogP contribution in [-0.4, -0.2) is 41.8 Å². The van der Waals surface area contributed by atoms with Crippen LogP contribution in [0.3, 0.4) is 0 Å². The molecule has 0 radical (unpaired) electrons. The van der Waals surface area contributed by atoms with Crippen molar-refractivity contribution in [2.24, 2.45) is 4.99 Å². The standard InChI is InChI=1S/C40H40N4O6S2/c1-7-50-39(47)34-29-15-11-12-16-31(29)51-38(34)43-22(2)19-25(24(43)4)20-32-37(46)44-35(28-18-17-27(48-5)21-30(28)49-6)33(23(3)41-40(44)52-32)36(45)42-26-13-9-8-10-14-26/h8-10,13-14,17-21,35H,7,11-12,15-16H2,1-6H3,(H,42,45)/b32-20-/t35-/m1/s1. The molecule has 4 heterocycles. The van der Waals surface area contributed by atoms with Crippen LogP contribution in [0, 0.1) is 13.8 Å². The van der Waals surface area contributed by atoms with Crippen molar-refractivity contribution >= 4 is 46.3 Å². The van der Waals surface area contributed by atoms with Crippen molar-refractivity contribution in [2.75, 3.05) is 26.1 Å². The normalized spacial score (nSPS) is 15.5. The maximum atomic E-state index is 14.6. The number of aryl methyl sites for hydroxylation is 2. The van der Waals surface area contributed by atoms with Crippen LogP contribution in [-0.2, 0) is 22.4 Å². The number of aromatic nitrogens is 2. The molecule has 268 valence electrons. The van der Waals surface area contributed by atoms with Crippen LogP contribution >= 0.6 is 22.7 Å². The highest BCUT2D eigenvalue weighted by atomic mass is 32.1. The van der Waals surface area contributed by atoms with E-state index in [-0.39, 0.29) is 17.4 Å². The first-order valence-corrected chi connectivity index (χ1v) is 18.9. The highest BCUT2D eigenvalue weighted by Crippen LogP contribution is 2.40. The molecule has 5 aromatic rings. The largest absolute Gasteiger partial charge is 0.497 e. The summed E-state index contributed by atoms with van der Waals surface area (Å²) in [5, 5.41) is 3.85. The number of nitrogens with one attached hydrogen (secondary N) is 1. The van der Waals surface area contributed by atoms with E-state index in [0.29, 0.717) is 55.5 Å². The quantitative estimate of drug-likeness (QED) is 0.175. The van der Waals surface area contributed by atoms with E-state index < -0.39 is 6.04 Å². The van der Waals surface area contributed by atoms with E-state index in [4.69, 9.17) is 19.2 Å². The molecule has 0 fully saturated rings. The minimum absolute atomic E-state index is 0.285. The molecule has 1 amide bonds. The Morgan fingerprint density at radius 2 is 1.77 bits per heavy atom. The van der Waals surface area contributed by atoms with Crippen molar-refractivity contribution < 1.29 is 23.8 Å². The number of carbonyl (C=O) groups is 2. The molecule has 7 rings (SSSR count). The minimum atomic E-state index is -0.833. The highest BCUT2D eigenvalue weighted by molar-refractivity contribution is 7.15. The van der Waals surface area contributed by atoms with Gasteiger partial charge in [0.15, 0.2) is 4.80 Å². The van der Waals surface area contributed by atoms with Crippen LogP contribution in [0.5, 0.6) is 11.5 Å². The lowest BCUT2D eigenvalue weighted by molar-refractivity contribution is -0.113. The number of para-hydroxylation sites is 1. The summed E-state index contributed by atoms with van der Waals surface area (Å²) in [6.07, 6.45) is 5.83. The number of thiophene rings is 1. The van der Waals surface area contributed by atoms with Crippen molar-refractivity contribution in [3.8, 4) is 16.5 Å². The second kappa shape index (κ2) is 14.4. The van der Waals surface area contributed by atoms with Gasteiger partial charge in [-0.1, -0.05) is 29.5 Å². The van der Waals surface area contributed by atoms with Gasteiger partial charge in [-0.2, -0.15) is 0 Å². The smallest absolute Gasteiger partial charge is 0.341 e. The lowest BCUT2D eigenvalue weighted by Crippen LogP contribution is -2.40. The summed E-state index contributed by atoms with van der Waals surface area (Å²) >= 11 is 2.93. The Kier molecular flexibility index (Phi) is 9.78. The third kappa shape index (κ3) is 6.19. The highest BCUT2D eigenvalue weighted by Gasteiger charge is 2.35. The SMILES string of the molecule is CCOC(=O)c1c(-n2c(C)cc(/C=c3\sc4n(c3=O)[C@H](c3ccc(OC)cc3OC)C(C(=O)Nc3ccccc3)=C(C)N=4)c2C)sc2c1CCCC2. The van der Waals surface area contributed by atoms with Crippen molar-refractivity contribution in [2.45, 2.75) is 59.4 Å². The van der Waals surface area contributed by atoms with Gasteiger partial charge in [-0.05, 0) is 101 Å². The molecule has 0 unspecified atom stereocenters. The first-order valence-electron chi connectivity index (χ1n) is 17.3. The molecule has 0 saturated heterocycles. The van der Waals surface area contributed by atoms with Crippen LogP contribution in [0.1, 0.15) is 76.0 Å². The summed E-state index contributed by atoms with van der Waals surface area (Å²) in [6.45, 7) is 7.93. The van der Waals surface area contributed by atoms with Crippen LogP contribution in [0.25, 0.3) is 11.1 Å². The maximum Gasteiger partial charge on any atom is 0.341 e. The zero-order valence-electron chi connectivity index (χ0n) is 30.0. The van der Waals surface area contributed by atoms with E-state index in [1.807, 2.05) is 69.3 Å². The fourth-order valence-corrected chi connectivity index (χ4v) is 9.71. The molecule has 12 heteroatoms. The minimum Gasteiger partial charge on any atom is -0.497 e. The predicted octanol–water partition coefficient (Wildman–Crippen LogP) is 6.42. The van der Waals surface area contributed by atoms with Gasteiger partial charge in [-0.25, -0.2) is 9.79 Å². The molecule has 1 aliphatic heterocycles. The van der Waals surface area contributed by atoms with Gasteiger partial charge >= 0.3 is 5.97 Å². The number of nitrogens with zero attached hydrogens (tertiary/aromatic N) is 3. The van der Waals surface area contributed by atoms with Crippen molar-refractivity contribution in [3.05, 3.63) is 124 Å². The number of esters is 1. The van der Waals surface area contributed by atoms with Gasteiger partial charge in [0, 0.05) is 33.6 Å². The number of amides is 1. The Hall–Kier alpha value is -5.20. The first kappa shape index (κ1) is 35.2. The van der Waals surface area contributed by atoms with E-state index in [9.17, 15) is 14.4 Å². The third-order valence-corrected chi connectivity index (χ3v) is 11.9. The molecule has 3 aromatic heterocycles. The van der Waals surface area contributed by atoms with Crippen LogP contribution in [0.4, 0.5) is 5.69 Å². The summed E-state index contributed by atoms with van der Waals surface area (Å²) in [7, 11) is 3.12. The zero-order valence-corrected chi connectivity index (χ0v) is 31.6. The number of allylic oxidation sites excluding steroid dienone is 1. The van der Waals surface area contributed by atoms with Crippen LogP contribution in [0.2, 0.25) is 0 Å². The number of fused-ring (bicyclic) bond motifs is 2. The predicted molar refractivity (Wildman–Crippen MR) is 204 cm³/mol. The molecule has 2 aliphatic rings. The van der Waals surface area contributed by atoms with E-state index >= 15 is 0 Å². The molecular formula is C40H40N4O6S2. The molecule has 10 nitrogen and oxygen atoms in total. The number of methoxy groups -OCH3 is 2. The fraction of sp³-hybridized carbons (Fsp3) is 0.300. The number of rotatable bonds is 9. The van der Waals surface area contributed by atoms with Gasteiger partial charge in [0.25, 0.3) is 11.5 Å². The van der Waals surface area contributed by atoms with Gasteiger partial charge in [0.05, 0.1) is 42.2 Å². The Labute approximate surface area is 309 Å². The van der Waals surface area contributed by atoms with Crippen molar-refractivity contribution in [1.29, 1.82) is 0 Å². The summed E-state index contributed by atoms with van der Waals surface area (Å²) in [5.74, 6) is 0.384. The molecule has 2 aromatic carbocycles. The fourth-order valence-electron chi connectivity index (χ4n) is 7.18. The van der Waals surface area contributed by atoms with E-state index in [1.165, 1.54) is 16.2 Å². The third-order valence-electron chi connectivity index (χ3n) is 9.63. The second-order valence-corrected chi connectivity index (χ2v) is 14.9. The number of carbonyl (C=O) groups excluding carboxylic acids is 2. The zero-order chi connectivity index (χ0) is 36.7. The Morgan fingerprint density at radius 3 is 2.50 bits per heavy atom. The van der Waals surface area contributed by atoms with Gasteiger partial charge in [0.1, 0.15) is 22.5 Å². The van der Waals surface area contributed by atoms with E-state index in [0.717, 1.165) is 53.2 Å². The summed E-state index contributed by atoms with van der Waals surface area (Å²) in [5.41, 5.74) is 6.23. The number of hydrogen-bond acceptors (Lipinski definition) is 9. The number of hydrogen-bond donors (Lipinski definition) is 1. The summed E-state index contributed by atoms with van der Waals surface area (Å²) in [4.78, 5) is 48.5. The molecule has 0 bridgehead atoms. The summed E-state index contributed by atoms with van der Waals surface area (Å²) < 4.78 is 21.0. The number of anilines is 1. The first-order chi connectivity index (χ1) is 25.1. The molecule has 0 spiro atoms. The number of benzene rings is 2. The van der Waals surface area contributed by atoms with Crippen LogP contribution in [0.15, 0.2) is 75.7 Å². The molecule has 1 N–H and O–H groups in total. The number of thiazole rings is 1. The van der Waals surface area contributed by atoms with Crippen molar-refractivity contribution in [3.63, 3.8) is 0 Å². The van der Waals surface area contributed by atoms with Gasteiger partial charge < -0.3 is 24.1 Å². The average Bonchev–Trinajstić information content (AvgIpc) is 3.76. The summed E-state index contributed by atoms with van der Waals surface area (Å²) in [6, 6.07) is 15.7. The molecule has 1 aliphatic carbocycles. The molecule has 1 atom stereocenters. The number of ether oxygens (including phenoxy) is 3. The second-order valence-electron chi connectivity index (χ2n) is 12.8. The Bertz CT molecular complexity index is 2430. The monoisotopic (exact) mass is 736 g/mol.